The Morgan fingerprint density at radius 3 is 2.68 bits per heavy atom. The van der Waals surface area contributed by atoms with Gasteiger partial charge in [0.15, 0.2) is 11.5 Å². The highest BCUT2D eigenvalue weighted by atomic mass is 79.9. The molecule has 0 unspecified atom stereocenters. The van der Waals surface area contributed by atoms with E-state index in [-0.39, 0.29) is 18.3 Å². The molecule has 0 fully saturated rings. The summed E-state index contributed by atoms with van der Waals surface area (Å²) >= 11 is 3.34. The van der Waals surface area contributed by atoms with Crippen LogP contribution in [0.15, 0.2) is 40.9 Å². The summed E-state index contributed by atoms with van der Waals surface area (Å²) in [5.41, 5.74) is 0.973. The topological polar surface area (TPSA) is 38.8 Å². The zero-order valence-corrected chi connectivity index (χ0v) is 15.5. The quantitative estimate of drug-likeness (QED) is 0.753. The van der Waals surface area contributed by atoms with Gasteiger partial charge in [-0.25, -0.2) is 4.39 Å². The van der Waals surface area contributed by atoms with Gasteiger partial charge in [0, 0.05) is 35.1 Å². The molecule has 0 atom stereocenters. The number of hydrogen-bond acceptors (Lipinski definition) is 3. The molecule has 0 saturated carbocycles. The number of rotatable bonds is 4. The fourth-order valence-corrected chi connectivity index (χ4v) is 3.08. The summed E-state index contributed by atoms with van der Waals surface area (Å²) in [6, 6.07) is 9.89. The highest BCUT2D eigenvalue weighted by Crippen LogP contribution is 2.31. The maximum atomic E-state index is 14.0. The van der Waals surface area contributed by atoms with Gasteiger partial charge in [0.1, 0.15) is 5.82 Å². The Hall–Kier alpha value is -2.08. The monoisotopic (exact) mass is 407 g/mol. The molecule has 0 aliphatic carbocycles. The molecule has 2 aromatic rings. The lowest BCUT2D eigenvalue weighted by Crippen LogP contribution is -2.30. The molecule has 4 nitrogen and oxygen atoms in total. The summed E-state index contributed by atoms with van der Waals surface area (Å²) in [6.45, 7) is 3.71. The fraction of sp³-hybridized carbons (Fsp3) is 0.316. The van der Waals surface area contributed by atoms with Crippen LogP contribution in [0.4, 0.5) is 4.39 Å². The molecule has 25 heavy (non-hydrogen) atoms. The van der Waals surface area contributed by atoms with Gasteiger partial charge in [0.05, 0.1) is 13.2 Å². The SMILES string of the molecule is CCN(Cc1cc(Br)ccc1F)C(=O)c1ccc2c(c1)OCCCO2. The molecular weight excluding hydrogens is 389 g/mol. The molecule has 3 rings (SSSR count). The van der Waals surface area contributed by atoms with Crippen molar-refractivity contribution >= 4 is 21.8 Å². The number of carbonyl (C=O) groups is 1. The average Bonchev–Trinajstić information content (AvgIpc) is 2.86. The number of hydrogen-bond donors (Lipinski definition) is 0. The molecule has 0 radical (unpaired) electrons. The van der Waals surface area contributed by atoms with Crippen LogP contribution < -0.4 is 9.47 Å². The van der Waals surface area contributed by atoms with Crippen molar-refractivity contribution in [3.05, 3.63) is 57.8 Å². The van der Waals surface area contributed by atoms with E-state index in [1.807, 2.05) is 6.92 Å². The minimum Gasteiger partial charge on any atom is -0.490 e. The van der Waals surface area contributed by atoms with E-state index in [2.05, 4.69) is 15.9 Å². The Balaban J connectivity index is 1.82. The zero-order chi connectivity index (χ0) is 17.8. The lowest BCUT2D eigenvalue weighted by molar-refractivity contribution is 0.0750. The largest absolute Gasteiger partial charge is 0.490 e. The minimum absolute atomic E-state index is 0.169. The molecule has 0 bridgehead atoms. The molecule has 132 valence electrons. The summed E-state index contributed by atoms with van der Waals surface area (Å²) in [5.74, 6) is 0.730. The van der Waals surface area contributed by atoms with Crippen LogP contribution >= 0.6 is 15.9 Å². The van der Waals surface area contributed by atoms with Gasteiger partial charge in [-0.2, -0.15) is 0 Å². The van der Waals surface area contributed by atoms with Gasteiger partial charge in [0.25, 0.3) is 5.91 Å². The molecule has 1 heterocycles. The smallest absolute Gasteiger partial charge is 0.254 e. The van der Waals surface area contributed by atoms with Crippen molar-refractivity contribution in [3.63, 3.8) is 0 Å². The second-order valence-electron chi connectivity index (χ2n) is 5.77. The summed E-state index contributed by atoms with van der Waals surface area (Å²) in [7, 11) is 0. The van der Waals surface area contributed by atoms with Crippen LogP contribution in [0.3, 0.4) is 0 Å². The van der Waals surface area contributed by atoms with Crippen molar-refractivity contribution in [2.24, 2.45) is 0 Å². The number of ether oxygens (including phenoxy) is 2. The maximum Gasteiger partial charge on any atom is 0.254 e. The molecular formula is C19H19BrFNO3. The molecule has 0 aromatic heterocycles. The van der Waals surface area contributed by atoms with Gasteiger partial charge in [-0.1, -0.05) is 15.9 Å². The van der Waals surface area contributed by atoms with Crippen molar-refractivity contribution < 1.29 is 18.7 Å². The van der Waals surface area contributed by atoms with E-state index < -0.39 is 0 Å². The van der Waals surface area contributed by atoms with E-state index >= 15 is 0 Å². The first-order valence-corrected chi connectivity index (χ1v) is 9.00. The van der Waals surface area contributed by atoms with Crippen LogP contribution in [-0.4, -0.2) is 30.6 Å². The summed E-state index contributed by atoms with van der Waals surface area (Å²) in [4.78, 5) is 14.4. The van der Waals surface area contributed by atoms with Crippen LogP contribution in [0.25, 0.3) is 0 Å². The van der Waals surface area contributed by atoms with Crippen LogP contribution in [0.1, 0.15) is 29.3 Å². The van der Waals surface area contributed by atoms with E-state index in [1.165, 1.54) is 6.07 Å². The Bertz CT molecular complexity index is 781. The first-order chi connectivity index (χ1) is 12.1. The summed E-state index contributed by atoms with van der Waals surface area (Å²) < 4.78 is 26.0. The van der Waals surface area contributed by atoms with E-state index in [1.54, 1.807) is 35.2 Å². The summed E-state index contributed by atoms with van der Waals surface area (Å²) in [5, 5.41) is 0. The third-order valence-electron chi connectivity index (χ3n) is 4.03. The predicted octanol–water partition coefficient (Wildman–Crippen LogP) is 4.41. The van der Waals surface area contributed by atoms with E-state index in [4.69, 9.17) is 9.47 Å². The first-order valence-electron chi connectivity index (χ1n) is 8.21. The third-order valence-corrected chi connectivity index (χ3v) is 4.53. The molecule has 2 aromatic carbocycles. The van der Waals surface area contributed by atoms with Crippen molar-refractivity contribution in [1.82, 2.24) is 4.90 Å². The Morgan fingerprint density at radius 1 is 1.16 bits per heavy atom. The van der Waals surface area contributed by atoms with Crippen LogP contribution in [0.2, 0.25) is 0 Å². The fourth-order valence-electron chi connectivity index (χ4n) is 2.68. The minimum atomic E-state index is -0.326. The normalized spacial score (nSPS) is 13.2. The van der Waals surface area contributed by atoms with Crippen LogP contribution in [0, 0.1) is 5.82 Å². The molecule has 6 heteroatoms. The number of halogens is 2. The van der Waals surface area contributed by atoms with E-state index in [9.17, 15) is 9.18 Å². The first kappa shape index (κ1) is 17.7. The predicted molar refractivity (Wildman–Crippen MR) is 96.6 cm³/mol. The van der Waals surface area contributed by atoms with Gasteiger partial charge >= 0.3 is 0 Å². The highest BCUT2D eigenvalue weighted by Gasteiger charge is 2.19. The third kappa shape index (κ3) is 4.12. The standard InChI is InChI=1S/C19H19BrFNO3/c1-2-22(12-14-10-15(20)5-6-16(14)21)19(23)13-4-7-17-18(11-13)25-9-3-8-24-17/h4-7,10-11H,2-3,8-9,12H2,1H3. The number of fused-ring (bicyclic) bond motifs is 1. The second-order valence-corrected chi connectivity index (χ2v) is 6.68. The Morgan fingerprint density at radius 2 is 1.92 bits per heavy atom. The summed E-state index contributed by atoms with van der Waals surface area (Å²) in [6.07, 6.45) is 0.807. The van der Waals surface area contributed by atoms with Crippen molar-refractivity contribution in [1.29, 1.82) is 0 Å². The number of nitrogens with zero attached hydrogens (tertiary/aromatic N) is 1. The molecule has 1 aliphatic rings. The molecule has 0 spiro atoms. The number of benzene rings is 2. The van der Waals surface area contributed by atoms with E-state index in [0.29, 0.717) is 42.4 Å². The van der Waals surface area contributed by atoms with Gasteiger partial charge in [-0.3, -0.25) is 4.79 Å². The Labute approximate surface area is 154 Å². The van der Waals surface area contributed by atoms with Crippen LogP contribution in [0.5, 0.6) is 11.5 Å². The molecule has 0 N–H and O–H groups in total. The number of amides is 1. The molecule has 1 aliphatic heterocycles. The highest BCUT2D eigenvalue weighted by molar-refractivity contribution is 9.10. The molecule has 0 saturated heterocycles. The Kier molecular flexibility index (Phi) is 5.58. The van der Waals surface area contributed by atoms with Gasteiger partial charge < -0.3 is 14.4 Å². The van der Waals surface area contributed by atoms with Crippen molar-refractivity contribution in [2.45, 2.75) is 19.9 Å². The lowest BCUT2D eigenvalue weighted by atomic mass is 10.1. The van der Waals surface area contributed by atoms with Gasteiger partial charge in [-0.05, 0) is 43.3 Å². The van der Waals surface area contributed by atoms with Crippen molar-refractivity contribution in [2.75, 3.05) is 19.8 Å². The van der Waals surface area contributed by atoms with Crippen molar-refractivity contribution in [3.8, 4) is 11.5 Å². The average molecular weight is 408 g/mol. The molecule has 1 amide bonds. The van der Waals surface area contributed by atoms with Crippen LogP contribution in [-0.2, 0) is 6.54 Å². The zero-order valence-electron chi connectivity index (χ0n) is 13.9. The van der Waals surface area contributed by atoms with Gasteiger partial charge in [0.2, 0.25) is 0 Å². The number of carbonyl (C=O) groups excluding carboxylic acids is 1. The maximum absolute atomic E-state index is 14.0. The van der Waals surface area contributed by atoms with E-state index in [0.717, 1.165) is 10.9 Å². The lowest BCUT2D eigenvalue weighted by Gasteiger charge is -2.22. The second kappa shape index (κ2) is 7.87. The van der Waals surface area contributed by atoms with Gasteiger partial charge in [-0.15, -0.1) is 0 Å².